The second-order valence-corrected chi connectivity index (χ2v) is 4.42. The van der Waals surface area contributed by atoms with E-state index in [-0.39, 0.29) is 0 Å². The molecule has 0 radical (unpaired) electrons. The Labute approximate surface area is 97.2 Å². The van der Waals surface area contributed by atoms with Crippen LogP contribution in [0.4, 0.5) is 5.69 Å². The van der Waals surface area contributed by atoms with E-state index < -0.39 is 0 Å². The fourth-order valence-corrected chi connectivity index (χ4v) is 2.26. The highest BCUT2D eigenvalue weighted by molar-refractivity contribution is 9.10. The summed E-state index contributed by atoms with van der Waals surface area (Å²) in [6, 6.07) is 7.82. The number of furan rings is 1. The molecule has 2 rings (SSSR count). The number of hydrogen-bond donors (Lipinski definition) is 1. The second kappa shape index (κ2) is 3.74. The zero-order valence-corrected chi connectivity index (χ0v) is 10.3. The smallest absolute Gasteiger partial charge is 0.108 e. The van der Waals surface area contributed by atoms with Gasteiger partial charge in [0.15, 0.2) is 0 Å². The van der Waals surface area contributed by atoms with Crippen molar-refractivity contribution >= 4 is 21.6 Å². The van der Waals surface area contributed by atoms with Crippen molar-refractivity contribution in [2.75, 3.05) is 5.73 Å². The van der Waals surface area contributed by atoms with Gasteiger partial charge in [-0.1, -0.05) is 22.0 Å². The first kappa shape index (κ1) is 10.3. The SMILES string of the molecule is Cc1cc(-c2ccc(N)cc2Br)c(C)o1. The third kappa shape index (κ3) is 1.92. The molecule has 0 fully saturated rings. The fraction of sp³-hybridized carbons (Fsp3) is 0.167. The van der Waals surface area contributed by atoms with E-state index in [1.165, 1.54) is 0 Å². The molecule has 0 unspecified atom stereocenters. The molecule has 0 saturated heterocycles. The molecule has 0 saturated carbocycles. The van der Waals surface area contributed by atoms with Crippen LogP contribution in [0.25, 0.3) is 11.1 Å². The number of rotatable bonds is 1. The minimum Gasteiger partial charge on any atom is -0.466 e. The standard InChI is InChI=1S/C12H12BrNO/c1-7-5-11(8(2)15-7)10-4-3-9(14)6-12(10)13/h3-6H,14H2,1-2H3. The van der Waals surface area contributed by atoms with Gasteiger partial charge in [-0.05, 0) is 37.6 Å². The van der Waals surface area contributed by atoms with E-state index in [9.17, 15) is 0 Å². The Balaban J connectivity index is 2.59. The Morgan fingerprint density at radius 3 is 2.40 bits per heavy atom. The van der Waals surface area contributed by atoms with E-state index in [2.05, 4.69) is 15.9 Å². The fourth-order valence-electron chi connectivity index (χ4n) is 1.65. The number of aryl methyl sites for hydroxylation is 2. The van der Waals surface area contributed by atoms with Crippen LogP contribution >= 0.6 is 15.9 Å². The number of anilines is 1. The molecule has 0 aliphatic carbocycles. The predicted octanol–water partition coefficient (Wildman–Crippen LogP) is 3.91. The van der Waals surface area contributed by atoms with Gasteiger partial charge < -0.3 is 10.2 Å². The Morgan fingerprint density at radius 2 is 1.87 bits per heavy atom. The molecule has 0 bridgehead atoms. The van der Waals surface area contributed by atoms with Crippen LogP contribution in [0.1, 0.15) is 11.5 Å². The summed E-state index contributed by atoms with van der Waals surface area (Å²) in [5.41, 5.74) is 8.67. The first-order valence-electron chi connectivity index (χ1n) is 4.70. The Bertz CT molecular complexity index is 502. The maximum Gasteiger partial charge on any atom is 0.108 e. The Morgan fingerprint density at radius 1 is 1.13 bits per heavy atom. The summed E-state index contributed by atoms with van der Waals surface area (Å²) >= 11 is 3.51. The van der Waals surface area contributed by atoms with Gasteiger partial charge in [0, 0.05) is 15.7 Å². The van der Waals surface area contributed by atoms with Crippen molar-refractivity contribution < 1.29 is 4.42 Å². The summed E-state index contributed by atoms with van der Waals surface area (Å²) in [6.45, 7) is 3.91. The van der Waals surface area contributed by atoms with Crippen LogP contribution in [0, 0.1) is 13.8 Å². The minimum atomic E-state index is 0.753. The number of nitrogen functional groups attached to an aromatic ring is 1. The molecule has 0 aliphatic heterocycles. The lowest BCUT2D eigenvalue weighted by Gasteiger charge is -2.03. The first-order valence-corrected chi connectivity index (χ1v) is 5.49. The molecular weight excluding hydrogens is 254 g/mol. The van der Waals surface area contributed by atoms with Gasteiger partial charge in [0.1, 0.15) is 11.5 Å². The van der Waals surface area contributed by atoms with Crippen molar-refractivity contribution in [1.82, 2.24) is 0 Å². The van der Waals surface area contributed by atoms with Crippen LogP contribution in [0.2, 0.25) is 0 Å². The van der Waals surface area contributed by atoms with E-state index in [1.54, 1.807) is 0 Å². The van der Waals surface area contributed by atoms with Gasteiger partial charge in [0.25, 0.3) is 0 Å². The van der Waals surface area contributed by atoms with Gasteiger partial charge in [-0.15, -0.1) is 0 Å². The minimum absolute atomic E-state index is 0.753. The van der Waals surface area contributed by atoms with E-state index >= 15 is 0 Å². The number of hydrogen-bond acceptors (Lipinski definition) is 2. The Hall–Kier alpha value is -1.22. The van der Waals surface area contributed by atoms with Crippen LogP contribution in [0.3, 0.4) is 0 Å². The van der Waals surface area contributed by atoms with E-state index in [1.807, 2.05) is 38.1 Å². The first-order chi connectivity index (χ1) is 7.08. The highest BCUT2D eigenvalue weighted by Crippen LogP contribution is 2.33. The van der Waals surface area contributed by atoms with Gasteiger partial charge in [-0.3, -0.25) is 0 Å². The molecule has 1 aromatic heterocycles. The summed E-state index contributed by atoms with van der Waals surface area (Å²) in [5, 5.41) is 0. The largest absolute Gasteiger partial charge is 0.466 e. The lowest BCUT2D eigenvalue weighted by atomic mass is 10.1. The maximum atomic E-state index is 5.70. The normalized spacial score (nSPS) is 10.6. The van der Waals surface area contributed by atoms with Gasteiger partial charge in [-0.2, -0.15) is 0 Å². The van der Waals surface area contributed by atoms with E-state index in [0.717, 1.165) is 32.8 Å². The van der Waals surface area contributed by atoms with Crippen LogP contribution < -0.4 is 5.73 Å². The summed E-state index contributed by atoms with van der Waals surface area (Å²) in [7, 11) is 0. The van der Waals surface area contributed by atoms with Crippen LogP contribution in [-0.2, 0) is 0 Å². The quantitative estimate of drug-likeness (QED) is 0.795. The summed E-state index contributed by atoms with van der Waals surface area (Å²) in [6.07, 6.45) is 0. The van der Waals surface area contributed by atoms with Crippen molar-refractivity contribution in [2.24, 2.45) is 0 Å². The van der Waals surface area contributed by atoms with Crippen LogP contribution in [0.15, 0.2) is 33.2 Å². The average Bonchev–Trinajstić information content (AvgIpc) is 2.45. The molecular formula is C12H12BrNO. The molecule has 0 spiro atoms. The van der Waals surface area contributed by atoms with Gasteiger partial charge in [-0.25, -0.2) is 0 Å². The highest BCUT2D eigenvalue weighted by atomic mass is 79.9. The van der Waals surface area contributed by atoms with Crippen molar-refractivity contribution in [3.8, 4) is 11.1 Å². The zero-order chi connectivity index (χ0) is 11.0. The van der Waals surface area contributed by atoms with Gasteiger partial charge in [0.2, 0.25) is 0 Å². The Kier molecular flexibility index (Phi) is 2.57. The summed E-state index contributed by atoms with van der Waals surface area (Å²) < 4.78 is 6.49. The molecule has 3 heteroatoms. The average molecular weight is 266 g/mol. The molecule has 2 N–H and O–H groups in total. The lowest BCUT2D eigenvalue weighted by Crippen LogP contribution is -1.86. The topological polar surface area (TPSA) is 39.2 Å². The van der Waals surface area contributed by atoms with E-state index in [0.29, 0.717) is 0 Å². The maximum absolute atomic E-state index is 5.70. The number of halogens is 1. The van der Waals surface area contributed by atoms with Gasteiger partial charge >= 0.3 is 0 Å². The van der Waals surface area contributed by atoms with Crippen molar-refractivity contribution in [2.45, 2.75) is 13.8 Å². The van der Waals surface area contributed by atoms with Crippen molar-refractivity contribution in [3.63, 3.8) is 0 Å². The molecule has 15 heavy (non-hydrogen) atoms. The number of benzene rings is 1. The third-order valence-corrected chi connectivity index (χ3v) is 2.98. The molecule has 2 aromatic rings. The molecule has 1 heterocycles. The lowest BCUT2D eigenvalue weighted by molar-refractivity contribution is 0.505. The molecule has 1 aromatic carbocycles. The number of nitrogens with two attached hydrogens (primary N) is 1. The van der Waals surface area contributed by atoms with Crippen molar-refractivity contribution in [3.05, 3.63) is 40.3 Å². The second-order valence-electron chi connectivity index (χ2n) is 3.57. The summed E-state index contributed by atoms with van der Waals surface area (Å²) in [5.74, 6) is 1.85. The highest BCUT2D eigenvalue weighted by Gasteiger charge is 2.10. The zero-order valence-electron chi connectivity index (χ0n) is 8.67. The summed E-state index contributed by atoms with van der Waals surface area (Å²) in [4.78, 5) is 0. The van der Waals surface area contributed by atoms with Gasteiger partial charge in [0.05, 0.1) is 0 Å². The molecule has 78 valence electrons. The predicted molar refractivity (Wildman–Crippen MR) is 65.7 cm³/mol. The monoisotopic (exact) mass is 265 g/mol. The van der Waals surface area contributed by atoms with Crippen LogP contribution in [0.5, 0.6) is 0 Å². The molecule has 0 atom stereocenters. The molecule has 2 nitrogen and oxygen atoms in total. The van der Waals surface area contributed by atoms with Crippen molar-refractivity contribution in [1.29, 1.82) is 0 Å². The van der Waals surface area contributed by atoms with E-state index in [4.69, 9.17) is 10.2 Å². The molecule has 0 amide bonds. The molecule has 0 aliphatic rings. The van der Waals surface area contributed by atoms with Crippen LogP contribution in [-0.4, -0.2) is 0 Å². The third-order valence-electron chi connectivity index (χ3n) is 2.32.